The van der Waals surface area contributed by atoms with Gasteiger partial charge in [0.25, 0.3) is 18.1 Å². The van der Waals surface area contributed by atoms with Crippen LogP contribution in [0.1, 0.15) is 21.7 Å². The Hall–Kier alpha value is -4.30. The van der Waals surface area contributed by atoms with Gasteiger partial charge in [-0.3, -0.25) is 10.5 Å². The van der Waals surface area contributed by atoms with Gasteiger partial charge in [-0.05, 0) is 48.5 Å². The average molecular weight is 589 g/mol. The number of para-hydroxylation sites is 2. The van der Waals surface area contributed by atoms with E-state index in [2.05, 4.69) is 20.7 Å². The summed E-state index contributed by atoms with van der Waals surface area (Å²) in [5.41, 5.74) is 7.71. The highest BCUT2D eigenvalue weighted by molar-refractivity contribution is 6.30. The SMILES string of the molecule is N/C(c1ccc(Cl)cc1)=[N+](/C[C@H](O)C(F)(F)F)C(O)NCc1ncn(-c2ccccc2C(=O)Nc2ccccc2)n1. The Morgan fingerprint density at radius 1 is 1.02 bits per heavy atom. The van der Waals surface area contributed by atoms with Gasteiger partial charge in [0.15, 0.2) is 11.9 Å². The van der Waals surface area contributed by atoms with Gasteiger partial charge in [0.1, 0.15) is 12.9 Å². The summed E-state index contributed by atoms with van der Waals surface area (Å²) >= 11 is 5.88. The van der Waals surface area contributed by atoms with E-state index in [4.69, 9.17) is 17.3 Å². The van der Waals surface area contributed by atoms with Crippen molar-refractivity contribution in [3.8, 4) is 5.69 Å². The first-order chi connectivity index (χ1) is 19.5. The van der Waals surface area contributed by atoms with E-state index in [0.29, 0.717) is 22.0 Å². The third-order valence-corrected chi connectivity index (χ3v) is 6.15. The summed E-state index contributed by atoms with van der Waals surface area (Å²) in [5.74, 6) is -0.449. The quantitative estimate of drug-likeness (QED) is 0.0830. The van der Waals surface area contributed by atoms with Crippen molar-refractivity contribution in [2.24, 2.45) is 5.73 Å². The van der Waals surface area contributed by atoms with Gasteiger partial charge in [-0.15, -0.1) is 5.10 Å². The van der Waals surface area contributed by atoms with E-state index < -0.39 is 25.2 Å². The maximum Gasteiger partial charge on any atom is 0.418 e. The number of carbonyl (C=O) groups excluding carboxylic acids is 1. The number of hydrogen-bond donors (Lipinski definition) is 5. The molecule has 1 heterocycles. The molecule has 0 saturated carbocycles. The predicted molar refractivity (Wildman–Crippen MR) is 146 cm³/mol. The summed E-state index contributed by atoms with van der Waals surface area (Å²) in [4.78, 5) is 17.1. The van der Waals surface area contributed by atoms with Crippen LogP contribution in [0.25, 0.3) is 5.69 Å². The van der Waals surface area contributed by atoms with Gasteiger partial charge in [0, 0.05) is 10.7 Å². The fourth-order valence-electron chi connectivity index (χ4n) is 3.78. The van der Waals surface area contributed by atoms with E-state index in [1.54, 1.807) is 48.5 Å². The van der Waals surface area contributed by atoms with Crippen LogP contribution in [-0.2, 0) is 6.54 Å². The van der Waals surface area contributed by atoms with Crippen LogP contribution in [0.2, 0.25) is 5.02 Å². The first kappa shape index (κ1) is 29.7. The zero-order chi connectivity index (χ0) is 29.6. The predicted octanol–water partition coefficient (Wildman–Crippen LogP) is 2.88. The number of nitrogens with two attached hydrogens (primary N) is 1. The molecule has 0 bridgehead atoms. The van der Waals surface area contributed by atoms with E-state index in [1.807, 2.05) is 6.07 Å². The zero-order valence-electron chi connectivity index (χ0n) is 21.3. The molecule has 6 N–H and O–H groups in total. The minimum absolute atomic E-state index is 0.156. The Balaban J connectivity index is 1.52. The molecule has 0 saturated heterocycles. The van der Waals surface area contributed by atoms with Crippen LogP contribution in [0.3, 0.4) is 0 Å². The number of amides is 1. The van der Waals surface area contributed by atoms with Crippen LogP contribution in [0.5, 0.6) is 0 Å². The molecule has 41 heavy (non-hydrogen) atoms. The second-order valence-electron chi connectivity index (χ2n) is 8.80. The van der Waals surface area contributed by atoms with Gasteiger partial charge in [0.2, 0.25) is 0 Å². The molecule has 1 unspecified atom stereocenters. The minimum Gasteiger partial charge on any atom is -0.380 e. The molecule has 3 aromatic carbocycles. The van der Waals surface area contributed by atoms with Gasteiger partial charge in [-0.1, -0.05) is 41.9 Å². The van der Waals surface area contributed by atoms with Crippen LogP contribution in [0.4, 0.5) is 18.9 Å². The first-order valence-electron chi connectivity index (χ1n) is 12.2. The molecule has 1 amide bonds. The Labute approximate surface area is 237 Å². The smallest absolute Gasteiger partial charge is 0.380 e. The molecule has 0 aliphatic heterocycles. The second kappa shape index (κ2) is 12.9. The van der Waals surface area contributed by atoms with Gasteiger partial charge >= 0.3 is 6.18 Å². The second-order valence-corrected chi connectivity index (χ2v) is 9.24. The highest BCUT2D eigenvalue weighted by Crippen LogP contribution is 2.21. The normalized spacial score (nSPS) is 13.8. The Bertz CT molecular complexity index is 1510. The van der Waals surface area contributed by atoms with Crippen molar-refractivity contribution in [2.45, 2.75) is 25.2 Å². The molecule has 0 aliphatic rings. The third-order valence-electron chi connectivity index (χ3n) is 5.90. The van der Waals surface area contributed by atoms with E-state index in [0.717, 1.165) is 4.58 Å². The number of nitrogens with one attached hydrogen (secondary N) is 2. The van der Waals surface area contributed by atoms with E-state index in [1.165, 1.54) is 35.3 Å². The fraction of sp³-hybridized carbons (Fsp3) is 0.185. The number of alkyl halides is 3. The Morgan fingerprint density at radius 2 is 1.68 bits per heavy atom. The molecule has 1 aromatic heterocycles. The molecule has 0 radical (unpaired) electrons. The summed E-state index contributed by atoms with van der Waals surface area (Å²) in [7, 11) is 0. The number of aliphatic hydroxyl groups is 2. The van der Waals surface area contributed by atoms with Crippen molar-refractivity contribution >= 4 is 29.0 Å². The Morgan fingerprint density at radius 3 is 2.37 bits per heavy atom. The number of nitrogens with zero attached hydrogens (tertiary/aromatic N) is 4. The van der Waals surface area contributed by atoms with E-state index in [9.17, 15) is 28.2 Å². The van der Waals surface area contributed by atoms with Gasteiger partial charge in [-0.2, -0.15) is 13.2 Å². The summed E-state index contributed by atoms with van der Waals surface area (Å²) in [6.07, 6.45) is -8.14. The lowest BCUT2D eigenvalue weighted by molar-refractivity contribution is -0.626. The van der Waals surface area contributed by atoms with Crippen molar-refractivity contribution in [1.82, 2.24) is 20.1 Å². The first-order valence-corrected chi connectivity index (χ1v) is 12.6. The lowest BCUT2D eigenvalue weighted by atomic mass is 10.1. The molecule has 4 rings (SSSR count). The third kappa shape index (κ3) is 7.67. The zero-order valence-corrected chi connectivity index (χ0v) is 22.1. The van der Waals surface area contributed by atoms with Crippen molar-refractivity contribution in [2.75, 3.05) is 11.9 Å². The van der Waals surface area contributed by atoms with Crippen LogP contribution in [-0.4, -0.2) is 66.5 Å². The summed E-state index contributed by atoms with van der Waals surface area (Å²) in [6, 6.07) is 21.5. The molecular weight excluding hydrogens is 563 g/mol. The minimum atomic E-state index is -4.95. The Kier molecular flexibility index (Phi) is 9.35. The van der Waals surface area contributed by atoms with Crippen molar-refractivity contribution in [1.29, 1.82) is 0 Å². The number of rotatable bonds is 10. The van der Waals surface area contributed by atoms with E-state index in [-0.39, 0.29) is 29.7 Å². The monoisotopic (exact) mass is 588 g/mol. The van der Waals surface area contributed by atoms with E-state index >= 15 is 0 Å². The molecular formula is C27H26ClF3N7O3+. The number of halogens is 4. The summed E-state index contributed by atoms with van der Waals surface area (Å²) < 4.78 is 41.5. The van der Waals surface area contributed by atoms with Crippen molar-refractivity contribution in [3.05, 3.63) is 107 Å². The number of hydrogen-bond acceptors (Lipinski definition) is 6. The summed E-state index contributed by atoms with van der Waals surface area (Å²) in [6.45, 7) is -1.25. The molecule has 10 nitrogen and oxygen atoms in total. The maximum atomic E-state index is 13.1. The molecule has 0 spiro atoms. The number of anilines is 1. The van der Waals surface area contributed by atoms with Gasteiger partial charge < -0.3 is 15.5 Å². The lowest BCUT2D eigenvalue weighted by Gasteiger charge is -2.21. The molecule has 14 heteroatoms. The number of benzene rings is 3. The molecule has 4 aromatic rings. The average Bonchev–Trinajstić information content (AvgIpc) is 3.43. The van der Waals surface area contributed by atoms with Crippen molar-refractivity contribution in [3.63, 3.8) is 0 Å². The van der Waals surface area contributed by atoms with Crippen molar-refractivity contribution < 1.29 is 32.8 Å². The number of aromatic nitrogens is 3. The number of carbonyl (C=O) groups is 1. The number of amidine groups is 1. The van der Waals surface area contributed by atoms with Crippen LogP contribution < -0.4 is 16.4 Å². The topological polar surface area (TPSA) is 141 Å². The number of aliphatic hydroxyl groups excluding tert-OH is 2. The standard InChI is InChI=1S/C27H25ClF3N7O3/c28-18-12-10-17(11-13-18)24(32)37(15-22(39)27(29,30)31)26(41)33-14-23-34-16-38(36-23)21-9-5-4-8-20(21)25(40)35-19-6-2-1-3-7-19/h1-13,16,22,26,32-33,39,41H,14-15H2,(H,35,40)/p+1/t22-,26?/m0/s1. The largest absolute Gasteiger partial charge is 0.418 e. The van der Waals surface area contributed by atoms with Gasteiger partial charge in [0.05, 0.1) is 23.4 Å². The highest BCUT2D eigenvalue weighted by Gasteiger charge is 2.41. The molecule has 2 atom stereocenters. The lowest BCUT2D eigenvalue weighted by Crippen LogP contribution is -2.50. The molecule has 0 aliphatic carbocycles. The van der Waals surface area contributed by atoms with Crippen LogP contribution >= 0.6 is 11.6 Å². The van der Waals surface area contributed by atoms with Crippen LogP contribution in [0, 0.1) is 0 Å². The molecule has 0 fully saturated rings. The maximum absolute atomic E-state index is 13.1. The highest BCUT2D eigenvalue weighted by atomic mass is 35.5. The van der Waals surface area contributed by atoms with Crippen LogP contribution in [0.15, 0.2) is 85.2 Å². The molecule has 214 valence electrons. The van der Waals surface area contributed by atoms with Gasteiger partial charge in [-0.25, -0.2) is 19.6 Å². The fourth-order valence-corrected chi connectivity index (χ4v) is 3.90. The summed E-state index contributed by atoms with van der Waals surface area (Å²) in [5, 5.41) is 30.5.